The third-order valence-electron chi connectivity index (χ3n) is 6.35. The summed E-state index contributed by atoms with van der Waals surface area (Å²) in [6, 6.07) is 2.27. The lowest BCUT2D eigenvalue weighted by Crippen LogP contribution is -2.50. The predicted molar refractivity (Wildman–Crippen MR) is 142 cm³/mol. The molecule has 2 aliphatic rings. The molecule has 1 aromatic heterocycles. The quantitative estimate of drug-likeness (QED) is 0.212. The summed E-state index contributed by atoms with van der Waals surface area (Å²) in [5, 5.41) is 0. The van der Waals surface area contributed by atoms with Gasteiger partial charge in [-0.2, -0.15) is 13.2 Å². The molecule has 3 rings (SSSR count). The standard InChI is InChI=1S/C27H34F4N6/c1-5-22(28)11-10-20(2)24(34-26(32-4)36-14-6-7-15-36)12-16-35-17-18-37(19-21(35)3)25-23(27(29,30)31)9-8-13-33-25/h5,8-13,16,21H,2,6-7,14-15,17-19H2,1,3-4H3/b11-10-,16-12+,22-5+,32-26?,34-24+. The average Bonchev–Trinajstić information content (AvgIpc) is 3.42. The molecule has 0 spiro atoms. The molecule has 3 heterocycles. The second-order valence-corrected chi connectivity index (χ2v) is 8.97. The number of aliphatic imine (C=N–C) groups is 2. The van der Waals surface area contributed by atoms with Crippen molar-refractivity contribution in [2.75, 3.05) is 44.7 Å². The zero-order valence-electron chi connectivity index (χ0n) is 21.5. The summed E-state index contributed by atoms with van der Waals surface area (Å²) in [6.07, 6.45) is 6.97. The number of pyridine rings is 1. The van der Waals surface area contributed by atoms with Gasteiger partial charge in [-0.1, -0.05) is 18.7 Å². The molecule has 0 aromatic carbocycles. The van der Waals surface area contributed by atoms with E-state index in [9.17, 15) is 17.6 Å². The lowest BCUT2D eigenvalue weighted by molar-refractivity contribution is -0.137. The number of nitrogens with zero attached hydrogens (tertiary/aromatic N) is 6. The summed E-state index contributed by atoms with van der Waals surface area (Å²) >= 11 is 0. The third kappa shape index (κ3) is 7.53. The van der Waals surface area contributed by atoms with Crippen molar-refractivity contribution in [1.29, 1.82) is 0 Å². The molecule has 0 N–H and O–H groups in total. The maximum absolute atomic E-state index is 13.7. The minimum Gasteiger partial charge on any atom is -0.371 e. The van der Waals surface area contributed by atoms with Crippen molar-refractivity contribution in [2.45, 2.75) is 38.9 Å². The molecule has 1 aromatic rings. The normalized spacial score (nSPS) is 20.6. The van der Waals surface area contributed by atoms with Crippen molar-refractivity contribution in [2.24, 2.45) is 9.98 Å². The van der Waals surface area contributed by atoms with Crippen molar-refractivity contribution in [3.63, 3.8) is 0 Å². The van der Waals surface area contributed by atoms with E-state index in [1.54, 1.807) is 31.0 Å². The molecular weight excluding hydrogens is 484 g/mol. The van der Waals surface area contributed by atoms with E-state index in [1.165, 1.54) is 24.4 Å². The van der Waals surface area contributed by atoms with E-state index < -0.39 is 11.7 Å². The number of halogens is 4. The number of guanidine groups is 1. The fraction of sp³-hybridized carbons (Fsp3) is 0.444. The molecule has 37 heavy (non-hydrogen) atoms. The molecule has 10 heteroatoms. The first-order valence-electron chi connectivity index (χ1n) is 12.3. The second-order valence-electron chi connectivity index (χ2n) is 8.97. The van der Waals surface area contributed by atoms with Gasteiger partial charge in [-0.3, -0.25) is 4.99 Å². The van der Waals surface area contributed by atoms with Crippen molar-refractivity contribution < 1.29 is 17.6 Å². The van der Waals surface area contributed by atoms with Gasteiger partial charge in [-0.15, -0.1) is 0 Å². The summed E-state index contributed by atoms with van der Waals surface area (Å²) in [5.41, 5.74) is 0.319. The highest BCUT2D eigenvalue weighted by atomic mass is 19.4. The van der Waals surface area contributed by atoms with E-state index in [0.29, 0.717) is 36.9 Å². The van der Waals surface area contributed by atoms with Crippen LogP contribution in [0.5, 0.6) is 0 Å². The highest BCUT2D eigenvalue weighted by molar-refractivity contribution is 6.14. The SMILES string of the molecule is C=C(/C=C\C(F)=C/C)C(/C=C/N1CCN(c2ncccc2C(F)(F)F)CC1C)=N/C(=NC)N1CCCC1. The van der Waals surface area contributed by atoms with Gasteiger partial charge >= 0.3 is 6.18 Å². The lowest BCUT2D eigenvalue weighted by Gasteiger charge is -2.40. The van der Waals surface area contributed by atoms with Crippen LogP contribution in [0.1, 0.15) is 32.3 Å². The summed E-state index contributed by atoms with van der Waals surface area (Å²) in [7, 11) is 1.69. The van der Waals surface area contributed by atoms with Crippen LogP contribution in [0.2, 0.25) is 0 Å². The number of piperazine rings is 1. The fourth-order valence-corrected chi connectivity index (χ4v) is 4.29. The third-order valence-corrected chi connectivity index (χ3v) is 6.35. The van der Waals surface area contributed by atoms with Gasteiger partial charge in [0.05, 0.1) is 11.3 Å². The Balaban J connectivity index is 1.80. The van der Waals surface area contributed by atoms with Gasteiger partial charge in [-0.25, -0.2) is 14.4 Å². The molecular formula is C27H34F4N6. The van der Waals surface area contributed by atoms with Crippen LogP contribution in [0.25, 0.3) is 0 Å². The molecule has 6 nitrogen and oxygen atoms in total. The minimum atomic E-state index is -4.47. The number of hydrogen-bond acceptors (Lipinski definition) is 4. The van der Waals surface area contributed by atoms with Crippen molar-refractivity contribution in [1.82, 2.24) is 14.8 Å². The van der Waals surface area contributed by atoms with E-state index in [1.807, 2.05) is 18.0 Å². The molecule has 0 aliphatic carbocycles. The first kappa shape index (κ1) is 28.1. The highest BCUT2D eigenvalue weighted by Gasteiger charge is 2.36. The van der Waals surface area contributed by atoms with Gasteiger partial charge in [0.1, 0.15) is 11.6 Å². The Morgan fingerprint density at radius 2 is 1.86 bits per heavy atom. The molecule has 1 atom stereocenters. The first-order valence-corrected chi connectivity index (χ1v) is 12.3. The van der Waals surface area contributed by atoms with Gasteiger partial charge < -0.3 is 14.7 Å². The molecule has 0 bridgehead atoms. The predicted octanol–water partition coefficient (Wildman–Crippen LogP) is 5.63. The number of hydrogen-bond donors (Lipinski definition) is 0. The Morgan fingerprint density at radius 1 is 1.14 bits per heavy atom. The molecule has 2 saturated heterocycles. The van der Waals surface area contributed by atoms with E-state index in [4.69, 9.17) is 4.99 Å². The van der Waals surface area contributed by atoms with Gasteiger partial charge in [-0.05, 0) is 56.5 Å². The molecule has 0 amide bonds. The van der Waals surface area contributed by atoms with E-state index >= 15 is 0 Å². The summed E-state index contributed by atoms with van der Waals surface area (Å²) in [5.74, 6) is 0.156. The number of aromatic nitrogens is 1. The van der Waals surface area contributed by atoms with Crippen LogP contribution in [0.4, 0.5) is 23.4 Å². The van der Waals surface area contributed by atoms with E-state index in [2.05, 4.69) is 21.5 Å². The van der Waals surface area contributed by atoms with Crippen molar-refractivity contribution in [3.05, 3.63) is 72.4 Å². The molecule has 2 fully saturated rings. The zero-order chi connectivity index (χ0) is 27.0. The topological polar surface area (TPSA) is 47.3 Å². The average molecular weight is 519 g/mol. The number of alkyl halides is 3. The largest absolute Gasteiger partial charge is 0.419 e. The second kappa shape index (κ2) is 12.7. The van der Waals surface area contributed by atoms with Crippen LogP contribution in [-0.2, 0) is 6.18 Å². The van der Waals surface area contributed by atoms with Gasteiger partial charge in [0.25, 0.3) is 0 Å². The maximum Gasteiger partial charge on any atom is 0.419 e. The molecule has 200 valence electrons. The number of rotatable bonds is 6. The van der Waals surface area contributed by atoms with Crippen LogP contribution in [0.15, 0.2) is 76.8 Å². The summed E-state index contributed by atoms with van der Waals surface area (Å²) in [6.45, 7) is 10.6. The molecule has 1 unspecified atom stereocenters. The zero-order valence-corrected chi connectivity index (χ0v) is 21.5. The first-order chi connectivity index (χ1) is 17.6. The Kier molecular flexibility index (Phi) is 9.66. The maximum atomic E-state index is 13.7. The fourth-order valence-electron chi connectivity index (χ4n) is 4.29. The van der Waals surface area contributed by atoms with Crippen molar-refractivity contribution >= 4 is 17.5 Å². The molecule has 0 saturated carbocycles. The van der Waals surface area contributed by atoms with Crippen molar-refractivity contribution in [3.8, 4) is 0 Å². The van der Waals surface area contributed by atoms with Crippen LogP contribution >= 0.6 is 0 Å². The monoisotopic (exact) mass is 518 g/mol. The van der Waals surface area contributed by atoms with Crippen LogP contribution < -0.4 is 4.90 Å². The Bertz CT molecular complexity index is 1100. The van der Waals surface area contributed by atoms with Crippen LogP contribution in [0, 0.1) is 0 Å². The smallest absolute Gasteiger partial charge is 0.371 e. The minimum absolute atomic E-state index is 0.0494. The van der Waals surface area contributed by atoms with Gasteiger partial charge in [0.15, 0.2) is 0 Å². The molecule has 2 aliphatic heterocycles. The lowest BCUT2D eigenvalue weighted by atomic mass is 10.1. The van der Waals surface area contributed by atoms with E-state index in [0.717, 1.165) is 32.0 Å². The number of allylic oxidation sites excluding steroid dienone is 6. The number of likely N-dealkylation sites (tertiary alicyclic amines) is 1. The van der Waals surface area contributed by atoms with Gasteiger partial charge in [0.2, 0.25) is 5.96 Å². The summed E-state index contributed by atoms with van der Waals surface area (Å²) < 4.78 is 54.2. The van der Waals surface area contributed by atoms with Gasteiger partial charge in [0, 0.05) is 58.2 Å². The number of anilines is 1. The Labute approximate surface area is 216 Å². The van der Waals surface area contributed by atoms with Crippen LogP contribution in [-0.4, -0.2) is 72.3 Å². The van der Waals surface area contributed by atoms with E-state index in [-0.39, 0.29) is 17.7 Å². The van der Waals surface area contributed by atoms with Crippen LogP contribution in [0.3, 0.4) is 0 Å². The summed E-state index contributed by atoms with van der Waals surface area (Å²) in [4.78, 5) is 18.9. The highest BCUT2D eigenvalue weighted by Crippen LogP contribution is 2.35. The Hall–Kier alpha value is -3.43. The Morgan fingerprint density at radius 3 is 2.49 bits per heavy atom. The molecule has 0 radical (unpaired) electrons.